The van der Waals surface area contributed by atoms with Crippen LogP contribution in [-0.4, -0.2) is 13.2 Å². The normalized spacial score (nSPS) is 11.5. The number of rotatable bonds is 5. The minimum absolute atomic E-state index is 0.266. The van der Waals surface area contributed by atoms with E-state index in [1.54, 1.807) is 0 Å². The van der Waals surface area contributed by atoms with Crippen LogP contribution in [-0.2, 0) is 0 Å². The highest BCUT2D eigenvalue weighted by Crippen LogP contribution is 2.28. The van der Waals surface area contributed by atoms with Crippen LogP contribution < -0.4 is 10.1 Å². The van der Waals surface area contributed by atoms with Gasteiger partial charge in [0.15, 0.2) is 0 Å². The Balaban J connectivity index is 2.89. The molecule has 0 spiro atoms. The summed E-state index contributed by atoms with van der Waals surface area (Å²) in [5.41, 5.74) is 1.15. The van der Waals surface area contributed by atoms with Crippen molar-refractivity contribution in [3.05, 3.63) is 28.2 Å². The molecule has 0 amide bonds. The molecule has 0 radical (unpaired) electrons. The van der Waals surface area contributed by atoms with Crippen LogP contribution in [0.3, 0.4) is 0 Å². The van der Waals surface area contributed by atoms with Gasteiger partial charge in [0.05, 0.1) is 0 Å². The maximum Gasteiger partial charge on any atom is 0.149 e. The summed E-state index contributed by atoms with van der Waals surface area (Å²) in [6.07, 6.45) is 0. The Kier molecular flexibility index (Phi) is 6.10. The van der Waals surface area contributed by atoms with Crippen molar-refractivity contribution in [2.75, 3.05) is 13.2 Å². The van der Waals surface area contributed by atoms with Crippen molar-refractivity contribution >= 4 is 15.9 Å². The third-order valence-electron chi connectivity index (χ3n) is 2.43. The largest absolute Gasteiger partial charge is 0.481 e. The number of nitrogens with one attached hydrogen (secondary N) is 1. The van der Waals surface area contributed by atoms with Gasteiger partial charge in [0.1, 0.15) is 12.4 Å². The number of hydrogen-bond donors (Lipinski definition) is 1. The van der Waals surface area contributed by atoms with Gasteiger partial charge in [-0.15, -0.1) is 5.92 Å². The summed E-state index contributed by atoms with van der Waals surface area (Å²) < 4.78 is 6.73. The van der Waals surface area contributed by atoms with Gasteiger partial charge < -0.3 is 10.1 Å². The van der Waals surface area contributed by atoms with Crippen LogP contribution in [0, 0.1) is 11.8 Å². The molecule has 2 nitrogen and oxygen atoms in total. The lowest BCUT2D eigenvalue weighted by Crippen LogP contribution is -2.18. The molecule has 0 aliphatic rings. The zero-order chi connectivity index (χ0) is 12.7. The van der Waals surface area contributed by atoms with Gasteiger partial charge in [-0.1, -0.05) is 28.8 Å². The summed E-state index contributed by atoms with van der Waals surface area (Å²) in [5, 5.41) is 3.38. The fourth-order valence-electron chi connectivity index (χ4n) is 1.59. The average molecular weight is 296 g/mol. The molecule has 1 unspecified atom stereocenters. The maximum atomic E-state index is 5.67. The van der Waals surface area contributed by atoms with Gasteiger partial charge >= 0.3 is 0 Å². The van der Waals surface area contributed by atoms with Crippen LogP contribution in [0.4, 0.5) is 0 Å². The van der Waals surface area contributed by atoms with Crippen LogP contribution in [0.5, 0.6) is 5.75 Å². The molecule has 0 fully saturated rings. The van der Waals surface area contributed by atoms with E-state index in [0.717, 1.165) is 22.3 Å². The molecule has 17 heavy (non-hydrogen) atoms. The highest BCUT2D eigenvalue weighted by Gasteiger charge is 2.11. The summed E-state index contributed by atoms with van der Waals surface area (Å²) in [5.74, 6) is 6.62. The molecular formula is C14H18BrNO. The number of ether oxygens (including phenoxy) is 1. The first kappa shape index (κ1) is 14.1. The second-order valence-electron chi connectivity index (χ2n) is 3.68. The standard InChI is InChI=1S/C14H18BrNO/c1-4-6-9-17-14-8-7-12(15)10-13(14)11(3)16-5-2/h7-8,10-11,16H,5,9H2,1-3H3. The lowest BCUT2D eigenvalue weighted by molar-refractivity contribution is 0.361. The van der Waals surface area contributed by atoms with Gasteiger partial charge in [-0.2, -0.15) is 0 Å². The van der Waals surface area contributed by atoms with E-state index in [1.807, 2.05) is 19.1 Å². The molecule has 0 heterocycles. The fourth-order valence-corrected chi connectivity index (χ4v) is 1.97. The molecule has 0 saturated carbocycles. The van der Waals surface area contributed by atoms with E-state index in [2.05, 4.69) is 53.0 Å². The smallest absolute Gasteiger partial charge is 0.149 e. The highest BCUT2D eigenvalue weighted by molar-refractivity contribution is 9.10. The van der Waals surface area contributed by atoms with E-state index in [9.17, 15) is 0 Å². The van der Waals surface area contributed by atoms with E-state index in [-0.39, 0.29) is 6.04 Å². The molecule has 1 N–H and O–H groups in total. The number of halogens is 1. The van der Waals surface area contributed by atoms with E-state index in [0.29, 0.717) is 6.61 Å². The maximum absolute atomic E-state index is 5.67. The van der Waals surface area contributed by atoms with E-state index < -0.39 is 0 Å². The van der Waals surface area contributed by atoms with Crippen LogP contribution in [0.2, 0.25) is 0 Å². The Bertz CT molecular complexity index is 420. The first-order valence-corrected chi connectivity index (χ1v) is 6.53. The molecule has 0 saturated heterocycles. The third-order valence-corrected chi connectivity index (χ3v) is 2.92. The average Bonchev–Trinajstić information content (AvgIpc) is 2.31. The highest BCUT2D eigenvalue weighted by atomic mass is 79.9. The molecular weight excluding hydrogens is 278 g/mol. The predicted molar refractivity (Wildman–Crippen MR) is 75.2 cm³/mol. The van der Waals surface area contributed by atoms with Crippen molar-refractivity contribution in [3.8, 4) is 17.6 Å². The molecule has 92 valence electrons. The van der Waals surface area contributed by atoms with Gasteiger partial charge in [-0.25, -0.2) is 0 Å². The van der Waals surface area contributed by atoms with Crippen molar-refractivity contribution in [2.45, 2.75) is 26.8 Å². The van der Waals surface area contributed by atoms with E-state index >= 15 is 0 Å². The van der Waals surface area contributed by atoms with E-state index in [1.165, 1.54) is 0 Å². The van der Waals surface area contributed by atoms with Gasteiger partial charge in [0, 0.05) is 16.1 Å². The SMILES string of the molecule is CC#CCOc1ccc(Br)cc1C(C)NCC. The van der Waals surface area contributed by atoms with Crippen molar-refractivity contribution in [2.24, 2.45) is 0 Å². The molecule has 1 aromatic carbocycles. The minimum Gasteiger partial charge on any atom is -0.481 e. The number of hydrogen-bond acceptors (Lipinski definition) is 2. The van der Waals surface area contributed by atoms with Crippen molar-refractivity contribution in [1.29, 1.82) is 0 Å². The van der Waals surface area contributed by atoms with Crippen LogP contribution in [0.1, 0.15) is 32.4 Å². The van der Waals surface area contributed by atoms with Gasteiger partial charge in [-0.3, -0.25) is 0 Å². The number of benzene rings is 1. The minimum atomic E-state index is 0.266. The molecule has 0 aromatic heterocycles. The Morgan fingerprint density at radius 2 is 2.24 bits per heavy atom. The predicted octanol–water partition coefficient (Wildman–Crippen LogP) is 3.52. The van der Waals surface area contributed by atoms with Crippen molar-refractivity contribution in [1.82, 2.24) is 5.32 Å². The Morgan fingerprint density at radius 3 is 2.88 bits per heavy atom. The zero-order valence-electron chi connectivity index (χ0n) is 10.5. The summed E-state index contributed by atoms with van der Waals surface area (Å²) in [6.45, 7) is 7.40. The molecule has 0 aliphatic heterocycles. The monoisotopic (exact) mass is 295 g/mol. The summed E-state index contributed by atoms with van der Waals surface area (Å²) in [7, 11) is 0. The second kappa shape index (κ2) is 7.37. The van der Waals surface area contributed by atoms with Crippen molar-refractivity contribution in [3.63, 3.8) is 0 Å². The van der Waals surface area contributed by atoms with Gasteiger partial charge in [-0.05, 0) is 38.6 Å². The Morgan fingerprint density at radius 1 is 1.47 bits per heavy atom. The Labute approximate surface area is 112 Å². The molecule has 1 atom stereocenters. The fraction of sp³-hybridized carbons (Fsp3) is 0.429. The Hall–Kier alpha value is -0.980. The molecule has 3 heteroatoms. The molecule has 0 aliphatic carbocycles. The summed E-state index contributed by atoms with van der Waals surface area (Å²) in [4.78, 5) is 0. The molecule has 1 rings (SSSR count). The second-order valence-corrected chi connectivity index (χ2v) is 4.59. The molecule has 0 bridgehead atoms. The summed E-state index contributed by atoms with van der Waals surface area (Å²) >= 11 is 3.49. The van der Waals surface area contributed by atoms with Gasteiger partial charge in [0.2, 0.25) is 0 Å². The first-order valence-electron chi connectivity index (χ1n) is 5.74. The van der Waals surface area contributed by atoms with Crippen molar-refractivity contribution < 1.29 is 4.74 Å². The van der Waals surface area contributed by atoms with Crippen LogP contribution in [0.15, 0.2) is 22.7 Å². The molecule has 1 aromatic rings. The van der Waals surface area contributed by atoms with Crippen LogP contribution >= 0.6 is 15.9 Å². The van der Waals surface area contributed by atoms with Crippen LogP contribution in [0.25, 0.3) is 0 Å². The topological polar surface area (TPSA) is 21.3 Å². The lowest BCUT2D eigenvalue weighted by atomic mass is 10.1. The first-order chi connectivity index (χ1) is 8.19. The van der Waals surface area contributed by atoms with Gasteiger partial charge in [0.25, 0.3) is 0 Å². The van der Waals surface area contributed by atoms with E-state index in [4.69, 9.17) is 4.74 Å². The lowest BCUT2D eigenvalue weighted by Gasteiger charge is -2.17. The quantitative estimate of drug-likeness (QED) is 0.839. The summed E-state index contributed by atoms with van der Waals surface area (Å²) in [6, 6.07) is 6.31. The zero-order valence-corrected chi connectivity index (χ0v) is 12.1. The third kappa shape index (κ3) is 4.41.